The molecule has 3 heterocycles. The standard InChI is InChI=1S/C74H114O10Si/c1-18-85(19-2,20-3)84-64-50(8)49(7)59(44-77-43-55-29-25-22-26-30-55)80-67(64)83-65-63(82-66-51(9)48(6)46(4)42-78-66)52(10)58(39-54-27-23-21-24-28-54)79-68(65)81-62-34-35-70(14)60(71(62,15)45-75)33-36-72(16)61(70)32-31-56-57-41-69(12,13)37-38-74(57,53(11)76)47(5)40-73(56,72)17/h21-31,45-52,57-68H,18-20,32-44H2,1-17H3/t46-,47?,48+,49-,50+,51?,52-,57?,58?,59?,60-,61?,62+,63+,64?,65?,66+,67+,68+,70?,71-,72+,73-,74-/m1/s1. The zero-order valence-corrected chi connectivity index (χ0v) is 56.8. The van der Waals surface area contributed by atoms with Gasteiger partial charge < -0.3 is 42.4 Å². The number of carbonyl (C=O) groups is 2. The van der Waals surface area contributed by atoms with E-state index in [2.05, 4.69) is 171 Å². The molecule has 4 saturated carbocycles. The second-order valence-electron chi connectivity index (χ2n) is 31.3. The van der Waals surface area contributed by atoms with Crippen molar-refractivity contribution in [1.82, 2.24) is 0 Å². The van der Waals surface area contributed by atoms with Crippen LogP contribution in [0, 0.1) is 91.7 Å². The Labute approximate surface area is 515 Å². The Kier molecular flexibility index (Phi) is 19.4. The predicted molar refractivity (Wildman–Crippen MR) is 340 cm³/mol. The average molecular weight is 1190 g/mol. The third kappa shape index (κ3) is 11.6. The topological polar surface area (TPSA) is 108 Å². The van der Waals surface area contributed by atoms with Crippen LogP contribution in [0.2, 0.25) is 18.1 Å². The van der Waals surface area contributed by atoms with Crippen molar-refractivity contribution in [3.63, 3.8) is 0 Å². The molecule has 85 heavy (non-hydrogen) atoms. The van der Waals surface area contributed by atoms with Crippen LogP contribution in [0.1, 0.15) is 187 Å². The van der Waals surface area contributed by atoms with Gasteiger partial charge >= 0.3 is 0 Å². The first-order valence-electron chi connectivity index (χ1n) is 34.2. The number of Topliss-reactive ketones (excluding diaryl/α,β-unsaturated/α-hetero) is 1. The Morgan fingerprint density at radius 1 is 0.659 bits per heavy atom. The summed E-state index contributed by atoms with van der Waals surface area (Å²) in [5.74, 6) is 2.29. The van der Waals surface area contributed by atoms with Crippen LogP contribution < -0.4 is 0 Å². The number of fused-ring (bicyclic) bond motifs is 7. The first kappa shape index (κ1) is 65.4. The Hall–Kier alpha value is -2.58. The van der Waals surface area contributed by atoms with Crippen molar-refractivity contribution in [2.45, 2.75) is 262 Å². The molecule has 474 valence electrons. The lowest BCUT2D eigenvalue weighted by molar-refractivity contribution is -0.381. The molecule has 0 amide bonds. The summed E-state index contributed by atoms with van der Waals surface area (Å²) in [5.41, 5.74) is 2.73. The molecule has 10 nitrogen and oxygen atoms in total. The molecule has 8 aliphatic rings. The Balaban J connectivity index is 1.02. The van der Waals surface area contributed by atoms with Crippen LogP contribution in [0.25, 0.3) is 0 Å². The van der Waals surface area contributed by atoms with Gasteiger partial charge in [0.2, 0.25) is 0 Å². The number of rotatable bonds is 19. The summed E-state index contributed by atoms with van der Waals surface area (Å²) < 4.78 is 59.1. The number of allylic oxidation sites excluding steroid dienone is 2. The van der Waals surface area contributed by atoms with E-state index in [-0.39, 0.29) is 80.9 Å². The van der Waals surface area contributed by atoms with Crippen molar-refractivity contribution in [1.29, 1.82) is 0 Å². The van der Waals surface area contributed by atoms with Crippen LogP contribution in [-0.4, -0.2) is 89.1 Å². The van der Waals surface area contributed by atoms with E-state index in [1.807, 2.05) is 13.0 Å². The highest BCUT2D eigenvalue weighted by atomic mass is 28.4. The van der Waals surface area contributed by atoms with Gasteiger partial charge in [0.15, 0.2) is 27.2 Å². The maximum atomic E-state index is 14.7. The molecule has 0 N–H and O–H groups in total. The van der Waals surface area contributed by atoms with Crippen molar-refractivity contribution in [3.8, 4) is 0 Å². The van der Waals surface area contributed by atoms with Crippen molar-refractivity contribution in [3.05, 3.63) is 83.4 Å². The van der Waals surface area contributed by atoms with E-state index in [0.717, 1.165) is 75.1 Å². The predicted octanol–water partition coefficient (Wildman–Crippen LogP) is 16.4. The molecule has 0 spiro atoms. The minimum atomic E-state index is -2.24. The fourth-order valence-corrected chi connectivity index (χ4v) is 22.9. The SMILES string of the molecule is CC[Si](CC)(CC)OC1[C@H](OC2[C@H](O[C@H]3CCC4(C)C5CC=C6C7CC(C)(C)CC[C@]7(C(C)=O)C(C)C[C@@]6(C)[C@@]5(C)CC[C@H]4[C@@]3(C)C=O)OC(Cc3ccccc3)[C@@H](C)[C@@H]2O[C@@H]2OC[C@@H](C)[C@H](C)C2C)OC(COCc2ccccc2)[C@H](C)[C@@H]1C. The van der Waals surface area contributed by atoms with Gasteiger partial charge in [-0.2, -0.15) is 0 Å². The summed E-state index contributed by atoms with van der Waals surface area (Å²) in [7, 11) is -2.24. The molecule has 5 aliphatic carbocycles. The van der Waals surface area contributed by atoms with Gasteiger partial charge in [0.05, 0.1) is 55.8 Å². The monoisotopic (exact) mass is 1190 g/mol. The lowest BCUT2D eigenvalue weighted by Crippen LogP contribution is -2.67. The Morgan fingerprint density at radius 3 is 1.94 bits per heavy atom. The number of ether oxygens (including phenoxy) is 7. The van der Waals surface area contributed by atoms with E-state index in [9.17, 15) is 9.59 Å². The van der Waals surface area contributed by atoms with Gasteiger partial charge in [0.25, 0.3) is 0 Å². The number of ketones is 1. The van der Waals surface area contributed by atoms with Gasteiger partial charge in [-0.05, 0) is 169 Å². The van der Waals surface area contributed by atoms with Crippen molar-refractivity contribution >= 4 is 20.4 Å². The summed E-state index contributed by atoms with van der Waals surface area (Å²) in [5, 5.41) is 0. The van der Waals surface area contributed by atoms with E-state index in [0.29, 0.717) is 62.1 Å². The Bertz CT molecular complexity index is 2620. The lowest BCUT2D eigenvalue weighted by atomic mass is 9.32. The first-order chi connectivity index (χ1) is 40.3. The molecule has 24 atom stereocenters. The lowest BCUT2D eigenvalue weighted by Gasteiger charge is -2.72. The molecule has 0 aromatic heterocycles. The largest absolute Gasteiger partial charge is 0.408 e. The molecule has 2 aromatic rings. The smallest absolute Gasteiger partial charge is 0.192 e. The molecular weight excluding hydrogens is 1080 g/mol. The van der Waals surface area contributed by atoms with Gasteiger partial charge in [0.1, 0.15) is 18.2 Å². The zero-order chi connectivity index (χ0) is 61.2. The van der Waals surface area contributed by atoms with Gasteiger partial charge in [-0.3, -0.25) is 4.79 Å². The van der Waals surface area contributed by atoms with E-state index < -0.39 is 50.9 Å². The van der Waals surface area contributed by atoms with Crippen molar-refractivity contribution < 1.29 is 47.2 Å². The Morgan fingerprint density at radius 2 is 1.29 bits per heavy atom. The molecule has 11 heteroatoms. The third-order valence-electron chi connectivity index (χ3n) is 26.7. The van der Waals surface area contributed by atoms with Gasteiger partial charge in [-0.25, -0.2) is 0 Å². The first-order valence-corrected chi connectivity index (χ1v) is 36.7. The summed E-state index contributed by atoms with van der Waals surface area (Å²) in [4.78, 5) is 28.8. The molecule has 3 aliphatic heterocycles. The number of hydrogen-bond donors (Lipinski definition) is 0. The molecule has 9 unspecified atom stereocenters. The number of benzene rings is 2. The summed E-state index contributed by atoms with van der Waals surface area (Å²) in [6, 6.07) is 24.0. The summed E-state index contributed by atoms with van der Waals surface area (Å²) >= 11 is 0. The van der Waals surface area contributed by atoms with Gasteiger partial charge in [0, 0.05) is 17.3 Å². The second kappa shape index (κ2) is 25.2. The molecule has 10 rings (SSSR count). The average Bonchev–Trinajstić information content (AvgIpc) is 0.684. The third-order valence-corrected chi connectivity index (χ3v) is 31.4. The zero-order valence-electron chi connectivity index (χ0n) is 55.8. The molecule has 2 aromatic carbocycles. The highest BCUT2D eigenvalue weighted by molar-refractivity contribution is 6.73. The molecule has 7 fully saturated rings. The molecule has 0 radical (unpaired) electrons. The van der Waals surface area contributed by atoms with Crippen molar-refractivity contribution in [2.24, 2.45) is 91.7 Å². The highest BCUT2D eigenvalue weighted by Crippen LogP contribution is 2.77. The van der Waals surface area contributed by atoms with E-state index >= 15 is 0 Å². The van der Waals surface area contributed by atoms with Crippen LogP contribution in [0.3, 0.4) is 0 Å². The van der Waals surface area contributed by atoms with Crippen molar-refractivity contribution in [2.75, 3.05) is 13.2 Å². The number of carbonyl (C=O) groups excluding carboxylic acids is 2. The van der Waals surface area contributed by atoms with Crippen LogP contribution in [0.5, 0.6) is 0 Å². The second-order valence-corrected chi connectivity index (χ2v) is 36.1. The summed E-state index contributed by atoms with van der Waals surface area (Å²) in [6.07, 6.45) is 8.40. The van der Waals surface area contributed by atoms with E-state index in [4.69, 9.17) is 37.6 Å². The maximum Gasteiger partial charge on any atom is 0.192 e. The maximum absolute atomic E-state index is 14.7. The highest BCUT2D eigenvalue weighted by Gasteiger charge is 2.71. The van der Waals surface area contributed by atoms with E-state index in [1.165, 1.54) is 11.8 Å². The molecular formula is C74H114O10Si. The van der Waals surface area contributed by atoms with Gasteiger partial charge in [-0.1, -0.05) is 183 Å². The minimum absolute atomic E-state index is 0.00548. The van der Waals surface area contributed by atoms with Crippen LogP contribution in [-0.2, 0) is 60.2 Å². The molecule has 3 saturated heterocycles. The van der Waals surface area contributed by atoms with Crippen LogP contribution in [0.15, 0.2) is 72.3 Å². The summed E-state index contributed by atoms with van der Waals surface area (Å²) in [6.45, 7) is 41.2. The number of hydrogen-bond acceptors (Lipinski definition) is 10. The number of aldehydes is 1. The quantitative estimate of drug-likeness (QED) is 0.0584. The minimum Gasteiger partial charge on any atom is -0.408 e. The fraction of sp³-hybridized carbons (Fsp3) is 0.784. The fourth-order valence-electron chi connectivity index (χ4n) is 20.0. The van der Waals surface area contributed by atoms with Gasteiger partial charge in [-0.15, -0.1) is 0 Å². The van der Waals surface area contributed by atoms with E-state index in [1.54, 1.807) is 5.57 Å². The normalized spacial score (nSPS) is 45.3. The molecule has 0 bridgehead atoms. The van der Waals surface area contributed by atoms with Crippen LogP contribution in [0.4, 0.5) is 0 Å². The van der Waals surface area contributed by atoms with Crippen LogP contribution >= 0.6 is 0 Å².